The first kappa shape index (κ1) is 15.3. The number of hydrogen-bond donors (Lipinski definition) is 1. The lowest BCUT2D eigenvalue weighted by Crippen LogP contribution is -2.42. The SMILES string of the molecule is Cl.O=C(c1cccc2ccccc12)N1C2CCNCC1CC2. The van der Waals surface area contributed by atoms with Crippen LogP contribution in [-0.4, -0.2) is 36.0 Å². The first-order chi connectivity index (χ1) is 10.3. The fourth-order valence-electron chi connectivity index (χ4n) is 3.86. The Bertz CT molecular complexity index is 668. The summed E-state index contributed by atoms with van der Waals surface area (Å²) in [7, 11) is 0. The van der Waals surface area contributed by atoms with Gasteiger partial charge >= 0.3 is 0 Å². The molecule has 3 nitrogen and oxygen atoms in total. The van der Waals surface area contributed by atoms with Crippen LogP contribution in [0.15, 0.2) is 42.5 Å². The van der Waals surface area contributed by atoms with E-state index in [9.17, 15) is 4.79 Å². The standard InChI is InChI=1S/C18H20N2O.ClH/c21-18(20-14-8-9-15(20)12-19-11-10-14)17-7-3-5-13-4-1-2-6-16(13)17;/h1-7,14-15,19H,8-12H2;1H. The lowest BCUT2D eigenvalue weighted by Gasteiger charge is -2.28. The van der Waals surface area contributed by atoms with Gasteiger partial charge in [0.15, 0.2) is 0 Å². The Kier molecular flexibility index (Phi) is 4.37. The molecule has 2 atom stereocenters. The molecule has 2 unspecified atom stereocenters. The van der Waals surface area contributed by atoms with Crippen LogP contribution in [0.25, 0.3) is 10.8 Å². The molecule has 2 fully saturated rings. The molecule has 0 saturated carbocycles. The van der Waals surface area contributed by atoms with Crippen molar-refractivity contribution in [3.05, 3.63) is 48.0 Å². The highest BCUT2D eigenvalue weighted by Crippen LogP contribution is 2.31. The van der Waals surface area contributed by atoms with Crippen LogP contribution in [0.2, 0.25) is 0 Å². The van der Waals surface area contributed by atoms with Gasteiger partial charge in [-0.1, -0.05) is 36.4 Å². The molecule has 2 saturated heterocycles. The van der Waals surface area contributed by atoms with E-state index in [-0.39, 0.29) is 18.3 Å². The Morgan fingerprint density at radius 1 is 1.00 bits per heavy atom. The van der Waals surface area contributed by atoms with Crippen molar-refractivity contribution >= 4 is 29.1 Å². The van der Waals surface area contributed by atoms with Crippen LogP contribution in [0.1, 0.15) is 29.6 Å². The van der Waals surface area contributed by atoms with E-state index < -0.39 is 0 Å². The largest absolute Gasteiger partial charge is 0.331 e. The molecular formula is C18H21ClN2O. The van der Waals surface area contributed by atoms with Gasteiger partial charge in [0.1, 0.15) is 0 Å². The molecule has 2 heterocycles. The zero-order valence-corrected chi connectivity index (χ0v) is 13.3. The number of carbonyl (C=O) groups excluding carboxylic acids is 1. The summed E-state index contributed by atoms with van der Waals surface area (Å²) < 4.78 is 0. The second-order valence-corrected chi connectivity index (χ2v) is 6.12. The summed E-state index contributed by atoms with van der Waals surface area (Å²) in [6, 6.07) is 15.0. The fraction of sp³-hybridized carbons (Fsp3) is 0.389. The van der Waals surface area contributed by atoms with Crippen LogP contribution in [0.5, 0.6) is 0 Å². The summed E-state index contributed by atoms with van der Waals surface area (Å²) in [5.41, 5.74) is 0.854. The van der Waals surface area contributed by atoms with Crippen LogP contribution in [0.4, 0.5) is 0 Å². The Morgan fingerprint density at radius 2 is 1.77 bits per heavy atom. The summed E-state index contributed by atoms with van der Waals surface area (Å²) in [4.78, 5) is 15.3. The number of halogens is 1. The van der Waals surface area contributed by atoms with Gasteiger partial charge in [0, 0.05) is 24.2 Å². The second kappa shape index (κ2) is 6.27. The molecule has 2 aromatic carbocycles. The minimum Gasteiger partial charge on any atom is -0.331 e. The van der Waals surface area contributed by atoms with Crippen molar-refractivity contribution < 1.29 is 4.79 Å². The van der Waals surface area contributed by atoms with Gasteiger partial charge in [0.25, 0.3) is 5.91 Å². The molecule has 0 aliphatic carbocycles. The van der Waals surface area contributed by atoms with E-state index in [1.807, 2.05) is 24.3 Å². The molecule has 22 heavy (non-hydrogen) atoms. The zero-order valence-electron chi connectivity index (χ0n) is 12.5. The zero-order chi connectivity index (χ0) is 14.2. The highest BCUT2D eigenvalue weighted by Gasteiger charge is 2.38. The first-order valence-corrected chi connectivity index (χ1v) is 7.86. The van der Waals surface area contributed by atoms with Crippen molar-refractivity contribution in [2.75, 3.05) is 13.1 Å². The van der Waals surface area contributed by atoms with E-state index in [2.05, 4.69) is 28.4 Å². The van der Waals surface area contributed by atoms with Crippen molar-refractivity contribution in [1.29, 1.82) is 0 Å². The van der Waals surface area contributed by atoms with E-state index in [0.29, 0.717) is 12.1 Å². The average Bonchev–Trinajstić information content (AvgIpc) is 2.79. The quantitative estimate of drug-likeness (QED) is 0.876. The molecule has 2 aliphatic heterocycles. The third kappa shape index (κ3) is 2.49. The molecule has 0 radical (unpaired) electrons. The Hall–Kier alpha value is -1.58. The molecule has 2 aliphatic rings. The van der Waals surface area contributed by atoms with Crippen LogP contribution in [-0.2, 0) is 0 Å². The molecule has 116 valence electrons. The normalized spacial score (nSPS) is 23.9. The lowest BCUT2D eigenvalue weighted by atomic mass is 10.0. The van der Waals surface area contributed by atoms with Crippen molar-refractivity contribution in [1.82, 2.24) is 10.2 Å². The van der Waals surface area contributed by atoms with Crippen molar-refractivity contribution in [3.63, 3.8) is 0 Å². The van der Waals surface area contributed by atoms with Crippen molar-refractivity contribution in [2.45, 2.75) is 31.3 Å². The fourth-order valence-corrected chi connectivity index (χ4v) is 3.86. The first-order valence-electron chi connectivity index (χ1n) is 7.86. The predicted octanol–water partition coefficient (Wildman–Crippen LogP) is 3.23. The molecule has 0 aromatic heterocycles. The summed E-state index contributed by atoms with van der Waals surface area (Å²) in [6.45, 7) is 1.97. The number of rotatable bonds is 1. The Labute approximate surface area is 137 Å². The van der Waals surface area contributed by atoms with Gasteiger partial charge < -0.3 is 10.2 Å². The summed E-state index contributed by atoms with van der Waals surface area (Å²) in [5, 5.41) is 5.67. The molecule has 2 aromatic rings. The number of fused-ring (bicyclic) bond motifs is 3. The number of nitrogens with zero attached hydrogens (tertiary/aromatic N) is 1. The molecule has 2 bridgehead atoms. The third-order valence-corrected chi connectivity index (χ3v) is 4.91. The summed E-state index contributed by atoms with van der Waals surface area (Å²) >= 11 is 0. The third-order valence-electron chi connectivity index (χ3n) is 4.91. The van der Waals surface area contributed by atoms with Gasteiger partial charge in [-0.2, -0.15) is 0 Å². The smallest absolute Gasteiger partial charge is 0.255 e. The van der Waals surface area contributed by atoms with Crippen LogP contribution < -0.4 is 5.32 Å². The van der Waals surface area contributed by atoms with E-state index in [1.54, 1.807) is 0 Å². The van der Waals surface area contributed by atoms with E-state index in [0.717, 1.165) is 48.7 Å². The number of hydrogen-bond acceptors (Lipinski definition) is 2. The lowest BCUT2D eigenvalue weighted by molar-refractivity contribution is 0.0682. The molecule has 4 heteroatoms. The van der Waals surface area contributed by atoms with Gasteiger partial charge in [-0.15, -0.1) is 12.4 Å². The predicted molar refractivity (Wildman–Crippen MR) is 91.7 cm³/mol. The Balaban J connectivity index is 0.00000144. The molecular weight excluding hydrogens is 296 g/mol. The van der Waals surface area contributed by atoms with Crippen LogP contribution in [0, 0.1) is 0 Å². The average molecular weight is 317 g/mol. The number of nitrogens with one attached hydrogen (secondary N) is 1. The van der Waals surface area contributed by atoms with E-state index in [4.69, 9.17) is 0 Å². The maximum Gasteiger partial charge on any atom is 0.255 e. The minimum absolute atomic E-state index is 0. The van der Waals surface area contributed by atoms with Gasteiger partial charge in [-0.25, -0.2) is 0 Å². The monoisotopic (exact) mass is 316 g/mol. The molecule has 4 rings (SSSR count). The molecule has 1 N–H and O–H groups in total. The highest BCUT2D eigenvalue weighted by molar-refractivity contribution is 6.07. The molecule has 0 spiro atoms. The van der Waals surface area contributed by atoms with Crippen LogP contribution >= 0.6 is 12.4 Å². The van der Waals surface area contributed by atoms with Crippen LogP contribution in [0.3, 0.4) is 0 Å². The van der Waals surface area contributed by atoms with E-state index in [1.165, 1.54) is 0 Å². The Morgan fingerprint density at radius 3 is 2.68 bits per heavy atom. The van der Waals surface area contributed by atoms with Gasteiger partial charge in [-0.3, -0.25) is 4.79 Å². The maximum atomic E-state index is 13.1. The number of carbonyl (C=O) groups is 1. The molecule has 1 amide bonds. The van der Waals surface area contributed by atoms with Gasteiger partial charge in [0.05, 0.1) is 0 Å². The van der Waals surface area contributed by atoms with Gasteiger partial charge in [-0.05, 0) is 42.6 Å². The highest BCUT2D eigenvalue weighted by atomic mass is 35.5. The summed E-state index contributed by atoms with van der Waals surface area (Å²) in [6.07, 6.45) is 3.37. The van der Waals surface area contributed by atoms with Gasteiger partial charge in [0.2, 0.25) is 0 Å². The topological polar surface area (TPSA) is 32.3 Å². The van der Waals surface area contributed by atoms with Crippen molar-refractivity contribution in [3.8, 4) is 0 Å². The minimum atomic E-state index is 0. The number of benzene rings is 2. The maximum absolute atomic E-state index is 13.1. The van der Waals surface area contributed by atoms with E-state index >= 15 is 0 Å². The second-order valence-electron chi connectivity index (χ2n) is 6.12. The van der Waals surface area contributed by atoms with Crippen molar-refractivity contribution in [2.24, 2.45) is 0 Å². The number of amides is 1. The summed E-state index contributed by atoms with van der Waals surface area (Å²) in [5.74, 6) is 0.211.